The standard InChI is InChI=1S/C11H16N2O2S/c14-9-6-10(13-11(15)12-9)16-7-8-4-2-1-3-5-8/h6,8H,1-5,7H2,(H2,12,13,14,15). The summed E-state index contributed by atoms with van der Waals surface area (Å²) in [5.41, 5.74) is -0.742. The van der Waals surface area contributed by atoms with Crippen LogP contribution in [0.25, 0.3) is 0 Å². The summed E-state index contributed by atoms with van der Waals surface area (Å²) >= 11 is 1.58. The van der Waals surface area contributed by atoms with Gasteiger partial charge in [0.2, 0.25) is 0 Å². The van der Waals surface area contributed by atoms with E-state index in [1.165, 1.54) is 38.2 Å². The van der Waals surface area contributed by atoms with Gasteiger partial charge in [-0.2, -0.15) is 0 Å². The summed E-state index contributed by atoms with van der Waals surface area (Å²) in [5.74, 6) is 1.74. The van der Waals surface area contributed by atoms with Crippen molar-refractivity contribution in [1.29, 1.82) is 0 Å². The fraction of sp³-hybridized carbons (Fsp3) is 0.636. The van der Waals surface area contributed by atoms with Gasteiger partial charge in [0, 0.05) is 11.8 Å². The number of thioether (sulfide) groups is 1. The first-order valence-corrected chi connectivity index (χ1v) is 6.69. The Balaban J connectivity index is 1.93. The zero-order chi connectivity index (χ0) is 11.4. The number of aromatic nitrogens is 2. The molecule has 1 fully saturated rings. The quantitative estimate of drug-likeness (QED) is 0.624. The van der Waals surface area contributed by atoms with E-state index in [0.717, 1.165) is 11.7 Å². The molecule has 1 saturated carbocycles. The van der Waals surface area contributed by atoms with Crippen LogP contribution in [0.4, 0.5) is 0 Å². The summed E-state index contributed by atoms with van der Waals surface area (Å²) in [6, 6.07) is 1.45. The zero-order valence-electron chi connectivity index (χ0n) is 9.12. The van der Waals surface area contributed by atoms with Crippen molar-refractivity contribution in [2.75, 3.05) is 5.75 Å². The molecular formula is C11H16N2O2S. The van der Waals surface area contributed by atoms with E-state index in [1.54, 1.807) is 11.8 Å². The van der Waals surface area contributed by atoms with Gasteiger partial charge < -0.3 is 4.98 Å². The summed E-state index contributed by atoms with van der Waals surface area (Å²) in [7, 11) is 0. The maximum Gasteiger partial charge on any atom is 0.326 e. The molecule has 0 bridgehead atoms. The molecule has 0 unspecified atom stereocenters. The van der Waals surface area contributed by atoms with Crippen LogP contribution in [0.3, 0.4) is 0 Å². The van der Waals surface area contributed by atoms with Crippen LogP contribution in [0.15, 0.2) is 20.7 Å². The van der Waals surface area contributed by atoms with Gasteiger partial charge in [-0.15, -0.1) is 11.8 Å². The zero-order valence-corrected chi connectivity index (χ0v) is 9.94. The average Bonchev–Trinajstić information content (AvgIpc) is 2.27. The lowest BCUT2D eigenvalue weighted by Gasteiger charge is -2.20. The van der Waals surface area contributed by atoms with Crippen LogP contribution >= 0.6 is 11.8 Å². The van der Waals surface area contributed by atoms with Crippen molar-refractivity contribution in [3.8, 4) is 0 Å². The van der Waals surface area contributed by atoms with E-state index in [1.807, 2.05) is 0 Å². The Labute approximate surface area is 97.9 Å². The number of rotatable bonds is 3. The first-order valence-electron chi connectivity index (χ1n) is 5.70. The summed E-state index contributed by atoms with van der Waals surface area (Å²) < 4.78 is 0. The highest BCUT2D eigenvalue weighted by molar-refractivity contribution is 7.99. The molecule has 88 valence electrons. The van der Waals surface area contributed by atoms with Gasteiger partial charge in [0.25, 0.3) is 5.56 Å². The Bertz CT molecular complexity index is 418. The largest absolute Gasteiger partial charge is 0.326 e. The van der Waals surface area contributed by atoms with E-state index in [2.05, 4.69) is 9.97 Å². The van der Waals surface area contributed by atoms with Gasteiger partial charge in [-0.05, 0) is 18.8 Å². The topological polar surface area (TPSA) is 65.7 Å². The van der Waals surface area contributed by atoms with Crippen molar-refractivity contribution < 1.29 is 0 Å². The van der Waals surface area contributed by atoms with Gasteiger partial charge in [0.15, 0.2) is 0 Å². The van der Waals surface area contributed by atoms with Gasteiger partial charge in [0.05, 0.1) is 5.03 Å². The molecule has 16 heavy (non-hydrogen) atoms. The molecule has 1 heterocycles. The monoisotopic (exact) mass is 240 g/mol. The number of H-pyrrole nitrogens is 2. The normalized spacial score (nSPS) is 17.5. The molecule has 5 heteroatoms. The number of hydrogen-bond acceptors (Lipinski definition) is 3. The summed E-state index contributed by atoms with van der Waals surface area (Å²) in [6.45, 7) is 0. The highest BCUT2D eigenvalue weighted by atomic mass is 32.2. The molecule has 0 radical (unpaired) electrons. The molecule has 0 aromatic carbocycles. The third-order valence-corrected chi connectivity index (χ3v) is 4.10. The van der Waals surface area contributed by atoms with Crippen LogP contribution in [-0.4, -0.2) is 15.7 Å². The second-order valence-electron chi connectivity index (χ2n) is 4.27. The van der Waals surface area contributed by atoms with E-state index in [0.29, 0.717) is 5.03 Å². The lowest BCUT2D eigenvalue weighted by Crippen LogP contribution is -2.21. The first-order chi connectivity index (χ1) is 7.74. The van der Waals surface area contributed by atoms with Crippen LogP contribution in [0.2, 0.25) is 0 Å². The second kappa shape index (κ2) is 5.39. The summed E-state index contributed by atoms with van der Waals surface area (Å²) in [5, 5.41) is 0.680. The molecule has 1 aromatic rings. The number of hydrogen-bond donors (Lipinski definition) is 2. The predicted octanol–water partition coefficient (Wildman–Crippen LogP) is 1.74. The van der Waals surface area contributed by atoms with Gasteiger partial charge in [0.1, 0.15) is 0 Å². The molecule has 0 aliphatic heterocycles. The Morgan fingerprint density at radius 2 is 1.94 bits per heavy atom. The second-order valence-corrected chi connectivity index (χ2v) is 5.33. The third kappa shape index (κ3) is 3.27. The molecule has 2 N–H and O–H groups in total. The molecule has 1 aromatic heterocycles. The van der Waals surface area contributed by atoms with Crippen molar-refractivity contribution >= 4 is 11.8 Å². The van der Waals surface area contributed by atoms with Crippen molar-refractivity contribution in [2.45, 2.75) is 37.1 Å². The van der Waals surface area contributed by atoms with Crippen LogP contribution in [0.5, 0.6) is 0 Å². The van der Waals surface area contributed by atoms with E-state index in [4.69, 9.17) is 0 Å². The molecule has 0 atom stereocenters. The minimum Gasteiger partial charge on any atom is -0.302 e. The molecule has 0 spiro atoms. The van der Waals surface area contributed by atoms with E-state index < -0.39 is 5.69 Å². The highest BCUT2D eigenvalue weighted by Crippen LogP contribution is 2.28. The SMILES string of the molecule is O=c1cc(SCC2CCCCC2)[nH]c(=O)[nH]1. The fourth-order valence-electron chi connectivity index (χ4n) is 2.09. The number of nitrogens with one attached hydrogen (secondary N) is 2. The first kappa shape index (κ1) is 11.5. The Morgan fingerprint density at radius 3 is 2.62 bits per heavy atom. The van der Waals surface area contributed by atoms with Crippen LogP contribution in [0, 0.1) is 5.92 Å². The van der Waals surface area contributed by atoms with Gasteiger partial charge in [-0.1, -0.05) is 19.3 Å². The molecule has 4 nitrogen and oxygen atoms in total. The van der Waals surface area contributed by atoms with Gasteiger partial charge in [-0.3, -0.25) is 9.78 Å². The Kier molecular flexibility index (Phi) is 3.88. The molecule has 0 amide bonds. The third-order valence-electron chi connectivity index (χ3n) is 2.93. The molecule has 1 aliphatic rings. The van der Waals surface area contributed by atoms with Crippen molar-refractivity contribution in [3.63, 3.8) is 0 Å². The summed E-state index contributed by atoms with van der Waals surface area (Å²) in [6.07, 6.45) is 6.54. The van der Waals surface area contributed by atoms with Crippen molar-refractivity contribution in [2.24, 2.45) is 5.92 Å². The average molecular weight is 240 g/mol. The minimum absolute atomic E-state index is 0.324. The molecule has 1 aliphatic carbocycles. The lowest BCUT2D eigenvalue weighted by atomic mass is 9.91. The van der Waals surface area contributed by atoms with Crippen LogP contribution < -0.4 is 11.2 Å². The van der Waals surface area contributed by atoms with Crippen LogP contribution in [0.1, 0.15) is 32.1 Å². The van der Waals surface area contributed by atoms with E-state index in [9.17, 15) is 9.59 Å². The number of aromatic amines is 2. The fourth-order valence-corrected chi connectivity index (χ4v) is 3.19. The Morgan fingerprint density at radius 1 is 1.19 bits per heavy atom. The summed E-state index contributed by atoms with van der Waals surface area (Å²) in [4.78, 5) is 26.9. The molecule has 2 rings (SSSR count). The van der Waals surface area contributed by atoms with Crippen molar-refractivity contribution in [1.82, 2.24) is 9.97 Å². The van der Waals surface area contributed by atoms with Gasteiger partial charge >= 0.3 is 5.69 Å². The smallest absolute Gasteiger partial charge is 0.302 e. The highest BCUT2D eigenvalue weighted by Gasteiger charge is 2.13. The maximum atomic E-state index is 11.1. The molecular weight excluding hydrogens is 224 g/mol. The van der Waals surface area contributed by atoms with Crippen molar-refractivity contribution in [3.05, 3.63) is 26.9 Å². The minimum atomic E-state index is -0.418. The van der Waals surface area contributed by atoms with Crippen LogP contribution in [-0.2, 0) is 0 Å². The van der Waals surface area contributed by atoms with Gasteiger partial charge in [-0.25, -0.2) is 4.79 Å². The maximum absolute atomic E-state index is 11.1. The molecule has 0 saturated heterocycles. The van der Waals surface area contributed by atoms with E-state index >= 15 is 0 Å². The Hall–Kier alpha value is -0.970. The lowest BCUT2D eigenvalue weighted by molar-refractivity contribution is 0.391. The van der Waals surface area contributed by atoms with E-state index in [-0.39, 0.29) is 5.56 Å². The predicted molar refractivity (Wildman–Crippen MR) is 65.0 cm³/mol.